The summed E-state index contributed by atoms with van der Waals surface area (Å²) in [5.74, 6) is -0.539. The van der Waals surface area contributed by atoms with Gasteiger partial charge in [0.05, 0.1) is 25.5 Å². The van der Waals surface area contributed by atoms with Crippen molar-refractivity contribution in [3.63, 3.8) is 0 Å². The molecule has 1 aromatic heterocycles. The van der Waals surface area contributed by atoms with Gasteiger partial charge in [0.15, 0.2) is 5.16 Å². The SMILES string of the molecule is CSc1ncc(C(=O)NCC(c2ccccc2)N2CCOCC2)n1-c1ccc(F)cc1. The van der Waals surface area contributed by atoms with Gasteiger partial charge in [0.1, 0.15) is 11.5 Å². The Kier molecular flexibility index (Phi) is 7.01. The predicted molar refractivity (Wildman–Crippen MR) is 119 cm³/mol. The molecule has 2 aromatic carbocycles. The molecule has 1 amide bonds. The molecule has 2 heterocycles. The Hall–Kier alpha value is -2.68. The van der Waals surface area contributed by atoms with Crippen molar-refractivity contribution in [2.24, 2.45) is 0 Å². The first-order chi connectivity index (χ1) is 15.2. The second-order valence-corrected chi connectivity index (χ2v) is 8.00. The molecule has 0 saturated carbocycles. The van der Waals surface area contributed by atoms with Crippen LogP contribution >= 0.6 is 11.8 Å². The summed E-state index contributed by atoms with van der Waals surface area (Å²) in [5, 5.41) is 3.76. The number of nitrogens with one attached hydrogen (secondary N) is 1. The zero-order valence-electron chi connectivity index (χ0n) is 17.3. The van der Waals surface area contributed by atoms with Crippen LogP contribution in [0.15, 0.2) is 66.0 Å². The van der Waals surface area contributed by atoms with E-state index in [-0.39, 0.29) is 17.8 Å². The fourth-order valence-electron chi connectivity index (χ4n) is 3.78. The lowest BCUT2D eigenvalue weighted by molar-refractivity contribution is 0.0162. The topological polar surface area (TPSA) is 59.4 Å². The third kappa shape index (κ3) is 4.98. The number of carbonyl (C=O) groups excluding carboxylic acids is 1. The van der Waals surface area contributed by atoms with Gasteiger partial charge in [-0.05, 0) is 36.1 Å². The van der Waals surface area contributed by atoms with E-state index in [2.05, 4.69) is 27.3 Å². The molecule has 3 aromatic rings. The van der Waals surface area contributed by atoms with Crippen LogP contribution in [0.1, 0.15) is 22.1 Å². The van der Waals surface area contributed by atoms with Gasteiger partial charge in [-0.1, -0.05) is 42.1 Å². The van der Waals surface area contributed by atoms with E-state index in [4.69, 9.17) is 4.74 Å². The molecule has 1 unspecified atom stereocenters. The van der Waals surface area contributed by atoms with Gasteiger partial charge < -0.3 is 10.1 Å². The van der Waals surface area contributed by atoms with E-state index in [9.17, 15) is 9.18 Å². The number of nitrogens with zero attached hydrogens (tertiary/aromatic N) is 3. The van der Waals surface area contributed by atoms with Crippen LogP contribution in [-0.4, -0.2) is 59.5 Å². The lowest BCUT2D eigenvalue weighted by atomic mass is 10.0. The first kappa shape index (κ1) is 21.5. The van der Waals surface area contributed by atoms with Crippen LogP contribution in [0.3, 0.4) is 0 Å². The van der Waals surface area contributed by atoms with Crippen LogP contribution in [0.5, 0.6) is 0 Å². The first-order valence-electron chi connectivity index (χ1n) is 10.2. The fourth-order valence-corrected chi connectivity index (χ4v) is 4.33. The average molecular weight is 441 g/mol. The van der Waals surface area contributed by atoms with Crippen molar-refractivity contribution in [1.82, 2.24) is 19.8 Å². The Bertz CT molecular complexity index is 1000. The molecular formula is C23H25FN4O2S. The van der Waals surface area contributed by atoms with Crippen LogP contribution in [0.25, 0.3) is 5.69 Å². The number of hydrogen-bond donors (Lipinski definition) is 1. The number of rotatable bonds is 7. The molecule has 1 N–H and O–H groups in total. The minimum absolute atomic E-state index is 0.0521. The van der Waals surface area contributed by atoms with Crippen molar-refractivity contribution in [2.75, 3.05) is 39.1 Å². The minimum atomic E-state index is -0.322. The lowest BCUT2D eigenvalue weighted by Gasteiger charge is -2.35. The Morgan fingerprint density at radius 1 is 1.16 bits per heavy atom. The van der Waals surface area contributed by atoms with Crippen LogP contribution < -0.4 is 5.32 Å². The normalized spacial score (nSPS) is 15.5. The van der Waals surface area contributed by atoms with E-state index in [1.807, 2.05) is 24.5 Å². The molecule has 8 heteroatoms. The molecule has 1 aliphatic rings. The first-order valence-corrected chi connectivity index (χ1v) is 11.4. The van der Waals surface area contributed by atoms with E-state index in [0.29, 0.717) is 36.3 Å². The summed E-state index contributed by atoms with van der Waals surface area (Å²) in [6.07, 6.45) is 3.46. The van der Waals surface area contributed by atoms with Crippen molar-refractivity contribution < 1.29 is 13.9 Å². The summed E-state index contributed by atoms with van der Waals surface area (Å²) >= 11 is 1.43. The number of halogens is 1. The molecule has 4 rings (SSSR count). The Balaban J connectivity index is 1.56. The average Bonchev–Trinajstić information content (AvgIpc) is 3.25. The number of imidazole rings is 1. The number of amides is 1. The number of morpholine rings is 1. The van der Waals surface area contributed by atoms with Gasteiger partial charge in [-0.3, -0.25) is 14.3 Å². The van der Waals surface area contributed by atoms with E-state index in [1.165, 1.54) is 23.9 Å². The van der Waals surface area contributed by atoms with Gasteiger partial charge in [-0.15, -0.1) is 0 Å². The maximum Gasteiger partial charge on any atom is 0.270 e. The second-order valence-electron chi connectivity index (χ2n) is 7.23. The third-order valence-corrected chi connectivity index (χ3v) is 6.01. The Morgan fingerprint density at radius 2 is 1.87 bits per heavy atom. The zero-order valence-corrected chi connectivity index (χ0v) is 18.1. The van der Waals surface area contributed by atoms with Gasteiger partial charge in [0.25, 0.3) is 5.91 Å². The number of thioether (sulfide) groups is 1. The van der Waals surface area contributed by atoms with Crippen molar-refractivity contribution in [2.45, 2.75) is 11.2 Å². The number of benzene rings is 2. The van der Waals surface area contributed by atoms with Crippen LogP contribution in [0.2, 0.25) is 0 Å². The molecule has 1 saturated heterocycles. The molecule has 0 spiro atoms. The molecule has 0 aliphatic carbocycles. The van der Waals surface area contributed by atoms with Crippen LogP contribution in [0.4, 0.5) is 4.39 Å². The van der Waals surface area contributed by atoms with Gasteiger partial charge in [0.2, 0.25) is 0 Å². The number of carbonyl (C=O) groups is 1. The summed E-state index contributed by atoms with van der Waals surface area (Å²) in [4.78, 5) is 19.9. The molecule has 162 valence electrons. The Labute approximate surface area is 185 Å². The van der Waals surface area contributed by atoms with E-state index < -0.39 is 0 Å². The Morgan fingerprint density at radius 3 is 2.55 bits per heavy atom. The highest BCUT2D eigenvalue weighted by molar-refractivity contribution is 7.98. The van der Waals surface area contributed by atoms with Gasteiger partial charge in [-0.2, -0.15) is 0 Å². The quantitative estimate of drug-likeness (QED) is 0.570. The van der Waals surface area contributed by atoms with Crippen molar-refractivity contribution in [1.29, 1.82) is 0 Å². The van der Waals surface area contributed by atoms with Crippen molar-refractivity contribution in [3.8, 4) is 5.69 Å². The predicted octanol–water partition coefficient (Wildman–Crippen LogP) is 3.54. The summed E-state index contributed by atoms with van der Waals surface area (Å²) < 4.78 is 20.6. The third-order valence-electron chi connectivity index (χ3n) is 5.36. The van der Waals surface area contributed by atoms with Crippen LogP contribution in [0, 0.1) is 5.82 Å². The van der Waals surface area contributed by atoms with Crippen molar-refractivity contribution in [3.05, 3.63) is 77.9 Å². The van der Waals surface area contributed by atoms with Crippen molar-refractivity contribution >= 4 is 17.7 Å². The van der Waals surface area contributed by atoms with Gasteiger partial charge >= 0.3 is 0 Å². The maximum atomic E-state index is 13.4. The second kappa shape index (κ2) is 10.1. The summed E-state index contributed by atoms with van der Waals surface area (Å²) in [5.41, 5.74) is 2.27. The molecule has 1 atom stereocenters. The highest BCUT2D eigenvalue weighted by atomic mass is 32.2. The fraction of sp³-hybridized carbons (Fsp3) is 0.304. The van der Waals surface area contributed by atoms with E-state index in [0.717, 1.165) is 18.7 Å². The number of ether oxygens (including phenoxy) is 1. The molecule has 31 heavy (non-hydrogen) atoms. The highest BCUT2D eigenvalue weighted by Crippen LogP contribution is 2.24. The summed E-state index contributed by atoms with van der Waals surface area (Å²) in [7, 11) is 0. The number of aromatic nitrogens is 2. The van der Waals surface area contributed by atoms with E-state index in [1.54, 1.807) is 22.9 Å². The highest BCUT2D eigenvalue weighted by Gasteiger charge is 2.24. The molecule has 1 aliphatic heterocycles. The molecule has 1 fully saturated rings. The van der Waals surface area contributed by atoms with Gasteiger partial charge in [-0.25, -0.2) is 9.37 Å². The molecule has 6 nitrogen and oxygen atoms in total. The minimum Gasteiger partial charge on any atom is -0.379 e. The summed E-state index contributed by atoms with van der Waals surface area (Å²) in [6.45, 7) is 3.47. The molecule has 0 bridgehead atoms. The van der Waals surface area contributed by atoms with Crippen LogP contribution in [-0.2, 0) is 4.74 Å². The number of hydrogen-bond acceptors (Lipinski definition) is 5. The van der Waals surface area contributed by atoms with E-state index >= 15 is 0 Å². The summed E-state index contributed by atoms with van der Waals surface area (Å²) in [6, 6.07) is 16.3. The zero-order chi connectivity index (χ0) is 21.6. The maximum absolute atomic E-state index is 13.4. The standard InChI is InChI=1S/C23H25FN4O2S/c1-31-23-26-16-21(28(23)19-9-7-18(24)8-10-19)22(29)25-15-20(17-5-3-2-4-6-17)27-11-13-30-14-12-27/h2-10,16,20H,11-15H2,1H3,(H,25,29). The lowest BCUT2D eigenvalue weighted by Crippen LogP contribution is -2.44. The largest absolute Gasteiger partial charge is 0.379 e. The molecular weight excluding hydrogens is 415 g/mol. The monoisotopic (exact) mass is 440 g/mol. The molecule has 0 radical (unpaired) electrons. The smallest absolute Gasteiger partial charge is 0.270 e. The van der Waals surface area contributed by atoms with Gasteiger partial charge in [0, 0.05) is 25.3 Å².